The Balaban J connectivity index is 1.69. The van der Waals surface area contributed by atoms with Gasteiger partial charge in [-0.1, -0.05) is 48.5 Å². The lowest BCUT2D eigenvalue weighted by molar-refractivity contribution is 0.0696. The van der Waals surface area contributed by atoms with Crippen LogP contribution in [0.1, 0.15) is 31.1 Å². The highest BCUT2D eigenvalue weighted by Crippen LogP contribution is 2.46. The molecule has 10 nitrogen and oxygen atoms in total. The molecule has 2 aliphatic rings. The van der Waals surface area contributed by atoms with Crippen molar-refractivity contribution in [2.45, 2.75) is 9.79 Å². The standard InChI is InChI=1S/C29H18N2O8S2/c32-27-21-13-4-6-15-23(21)30(40(36,37)19-10-2-1-3-11-19)25(27)26-28(33)22-14-5-7-16-24(22)31(26)41(38,39)20-12-8-9-18(17-20)29(34)35/h1-17H,(H,34,35)/b26-25+. The molecular formula is C29H18N2O8S2. The maximum Gasteiger partial charge on any atom is 0.335 e. The van der Waals surface area contributed by atoms with Crippen molar-refractivity contribution >= 4 is 49.0 Å². The second kappa shape index (κ2) is 9.25. The number of nitrogens with zero attached hydrogens (tertiary/aromatic N) is 2. The Hall–Kier alpha value is -5.07. The molecule has 0 aliphatic carbocycles. The minimum absolute atomic E-state index is 0.0384. The summed E-state index contributed by atoms with van der Waals surface area (Å²) in [6, 6.07) is 23.3. The first-order chi connectivity index (χ1) is 19.5. The zero-order valence-corrected chi connectivity index (χ0v) is 22.5. The van der Waals surface area contributed by atoms with Crippen LogP contribution >= 0.6 is 0 Å². The summed E-state index contributed by atoms with van der Waals surface area (Å²) in [7, 11) is -9.29. The van der Waals surface area contributed by atoms with Crippen molar-refractivity contribution < 1.29 is 36.3 Å². The van der Waals surface area contributed by atoms with E-state index in [-0.39, 0.29) is 33.0 Å². The predicted molar refractivity (Wildman–Crippen MR) is 148 cm³/mol. The summed E-state index contributed by atoms with van der Waals surface area (Å²) in [4.78, 5) is 38.8. The van der Waals surface area contributed by atoms with Crippen LogP contribution in [0.15, 0.2) is 124 Å². The Labute approximate surface area is 234 Å². The molecule has 0 saturated carbocycles. The third-order valence-electron chi connectivity index (χ3n) is 6.70. The monoisotopic (exact) mass is 586 g/mol. The molecule has 0 bridgehead atoms. The van der Waals surface area contributed by atoms with E-state index in [1.54, 1.807) is 6.07 Å². The van der Waals surface area contributed by atoms with Gasteiger partial charge in [0.15, 0.2) is 0 Å². The molecule has 2 heterocycles. The van der Waals surface area contributed by atoms with E-state index in [4.69, 9.17) is 0 Å². The number of allylic oxidation sites excluding steroid dienone is 2. The molecule has 204 valence electrons. The Morgan fingerprint density at radius 1 is 0.561 bits per heavy atom. The maximum absolute atomic E-state index is 14.2. The molecule has 41 heavy (non-hydrogen) atoms. The number of hydrogen-bond acceptors (Lipinski definition) is 7. The third kappa shape index (κ3) is 3.87. The van der Waals surface area contributed by atoms with Gasteiger partial charge in [-0.2, -0.15) is 0 Å². The van der Waals surface area contributed by atoms with Crippen LogP contribution in [0.2, 0.25) is 0 Å². The van der Waals surface area contributed by atoms with Crippen molar-refractivity contribution in [3.8, 4) is 0 Å². The second-order valence-electron chi connectivity index (χ2n) is 9.07. The summed E-state index contributed by atoms with van der Waals surface area (Å²) in [6.07, 6.45) is 0. The van der Waals surface area contributed by atoms with Gasteiger partial charge in [-0.25, -0.2) is 30.2 Å². The summed E-state index contributed by atoms with van der Waals surface area (Å²) in [5.41, 5.74) is -1.93. The number of benzene rings is 4. The largest absolute Gasteiger partial charge is 0.478 e. The number of rotatable bonds is 5. The van der Waals surface area contributed by atoms with Gasteiger partial charge in [0.1, 0.15) is 11.4 Å². The number of anilines is 2. The number of fused-ring (bicyclic) bond motifs is 2. The number of para-hydroxylation sites is 2. The lowest BCUT2D eigenvalue weighted by Gasteiger charge is -2.26. The van der Waals surface area contributed by atoms with Gasteiger partial charge in [0.05, 0.1) is 26.7 Å². The number of carbonyl (C=O) groups excluding carboxylic acids is 2. The number of Topliss-reactive ketones (excluding diaryl/α,β-unsaturated/α-hetero) is 2. The van der Waals surface area contributed by atoms with Crippen LogP contribution in [0.4, 0.5) is 11.4 Å². The van der Waals surface area contributed by atoms with Crippen LogP contribution in [-0.2, 0) is 20.0 Å². The van der Waals surface area contributed by atoms with Gasteiger partial charge in [-0.15, -0.1) is 0 Å². The van der Waals surface area contributed by atoms with Crippen molar-refractivity contribution in [2.24, 2.45) is 0 Å². The van der Waals surface area contributed by atoms with E-state index in [1.165, 1.54) is 84.9 Å². The van der Waals surface area contributed by atoms with Gasteiger partial charge in [0.2, 0.25) is 11.6 Å². The molecule has 6 rings (SSSR count). The van der Waals surface area contributed by atoms with Crippen LogP contribution < -0.4 is 8.61 Å². The molecule has 4 aromatic carbocycles. The first kappa shape index (κ1) is 26.2. The Morgan fingerprint density at radius 3 is 1.51 bits per heavy atom. The van der Waals surface area contributed by atoms with Crippen molar-refractivity contribution in [3.63, 3.8) is 0 Å². The average Bonchev–Trinajstić information content (AvgIpc) is 3.45. The van der Waals surface area contributed by atoms with E-state index in [0.29, 0.717) is 8.61 Å². The number of carboxylic acids is 1. The zero-order chi connectivity index (χ0) is 29.1. The molecule has 0 unspecified atom stereocenters. The fourth-order valence-corrected chi connectivity index (χ4v) is 7.97. The summed E-state index contributed by atoms with van der Waals surface area (Å²) in [5.74, 6) is -3.13. The topological polar surface area (TPSA) is 146 Å². The number of carboxylic acid groups (broad SMARTS) is 1. The van der Waals surface area contributed by atoms with Gasteiger partial charge in [0.25, 0.3) is 20.0 Å². The minimum Gasteiger partial charge on any atom is -0.478 e. The minimum atomic E-state index is -4.75. The van der Waals surface area contributed by atoms with Gasteiger partial charge < -0.3 is 5.11 Å². The maximum atomic E-state index is 14.2. The summed E-state index contributed by atoms with van der Waals surface area (Å²) >= 11 is 0. The highest BCUT2D eigenvalue weighted by Gasteiger charge is 2.50. The van der Waals surface area contributed by atoms with Crippen LogP contribution in [-0.4, -0.2) is 39.5 Å². The van der Waals surface area contributed by atoms with Gasteiger partial charge in [-0.3, -0.25) is 9.59 Å². The quantitative estimate of drug-likeness (QED) is 0.344. The molecule has 0 spiro atoms. The molecule has 0 aromatic heterocycles. The highest BCUT2D eigenvalue weighted by molar-refractivity contribution is 7.93. The van der Waals surface area contributed by atoms with Crippen molar-refractivity contribution in [2.75, 3.05) is 8.61 Å². The number of aromatic carboxylic acids is 1. The van der Waals surface area contributed by atoms with Crippen molar-refractivity contribution in [1.29, 1.82) is 0 Å². The fraction of sp³-hybridized carbons (Fsp3) is 0. The fourth-order valence-electron chi connectivity index (χ4n) is 4.87. The van der Waals surface area contributed by atoms with E-state index in [2.05, 4.69) is 0 Å². The molecule has 0 amide bonds. The van der Waals surface area contributed by atoms with E-state index in [9.17, 15) is 36.3 Å². The van der Waals surface area contributed by atoms with Gasteiger partial charge in [0, 0.05) is 11.1 Å². The second-order valence-corrected chi connectivity index (χ2v) is 12.6. The predicted octanol–water partition coefficient (Wildman–Crippen LogP) is 4.08. The molecule has 0 fully saturated rings. The van der Waals surface area contributed by atoms with Gasteiger partial charge in [-0.05, 0) is 54.6 Å². The zero-order valence-electron chi connectivity index (χ0n) is 20.8. The number of carbonyl (C=O) groups is 3. The first-order valence-electron chi connectivity index (χ1n) is 12.1. The van der Waals surface area contributed by atoms with E-state index >= 15 is 0 Å². The van der Waals surface area contributed by atoms with Crippen LogP contribution in [0, 0.1) is 0 Å². The Kier molecular flexibility index (Phi) is 5.90. The molecular weight excluding hydrogens is 568 g/mol. The SMILES string of the molecule is O=C(O)c1cccc(S(=O)(=O)N2/C(=C3\C(=O)c4ccccc4N3S(=O)(=O)c3ccccc3)C(=O)c3ccccc32)c1. The Bertz CT molecular complexity index is 2050. The van der Waals surface area contributed by atoms with E-state index < -0.39 is 53.9 Å². The van der Waals surface area contributed by atoms with Crippen LogP contribution in [0.3, 0.4) is 0 Å². The lowest BCUT2D eigenvalue weighted by atomic mass is 10.1. The average molecular weight is 587 g/mol. The van der Waals surface area contributed by atoms with Crippen LogP contribution in [0.5, 0.6) is 0 Å². The summed E-state index contributed by atoms with van der Waals surface area (Å²) in [6.45, 7) is 0. The van der Waals surface area contributed by atoms with Crippen molar-refractivity contribution in [3.05, 3.63) is 131 Å². The highest BCUT2D eigenvalue weighted by atomic mass is 32.2. The van der Waals surface area contributed by atoms with Crippen molar-refractivity contribution in [1.82, 2.24) is 0 Å². The molecule has 2 aliphatic heterocycles. The molecule has 0 atom stereocenters. The number of ketones is 2. The van der Waals surface area contributed by atoms with E-state index in [0.717, 1.165) is 12.1 Å². The number of sulfonamides is 2. The van der Waals surface area contributed by atoms with Gasteiger partial charge >= 0.3 is 5.97 Å². The van der Waals surface area contributed by atoms with Crippen LogP contribution in [0.25, 0.3) is 0 Å². The normalized spacial score (nSPS) is 16.6. The lowest BCUT2D eigenvalue weighted by Crippen LogP contribution is -2.36. The molecule has 12 heteroatoms. The number of hydrogen-bond donors (Lipinski definition) is 1. The summed E-state index contributed by atoms with van der Waals surface area (Å²) < 4.78 is 57.7. The molecule has 1 N–H and O–H groups in total. The Morgan fingerprint density at radius 2 is 1.00 bits per heavy atom. The molecule has 4 aromatic rings. The smallest absolute Gasteiger partial charge is 0.335 e. The van der Waals surface area contributed by atoms with E-state index in [1.807, 2.05) is 0 Å². The first-order valence-corrected chi connectivity index (χ1v) is 14.9. The molecule has 0 radical (unpaired) electrons. The molecule has 0 saturated heterocycles. The summed E-state index contributed by atoms with van der Waals surface area (Å²) in [5, 5.41) is 9.44. The third-order valence-corrected chi connectivity index (χ3v) is 10.1.